The number of esters is 1. The van der Waals surface area contributed by atoms with Crippen molar-refractivity contribution in [3.05, 3.63) is 23.8 Å². The SMILES string of the molecule is CC(C)(C)COC(=O)NC(Cc1ccc(O)c(N)c1)C(=O)OC(C)(C)C. The molecule has 4 N–H and O–H groups in total. The normalized spacial score (nSPS) is 13.0. The second-order valence-electron chi connectivity index (χ2n) is 8.46. The van der Waals surface area contributed by atoms with Crippen molar-refractivity contribution in [2.45, 2.75) is 59.6 Å². The zero-order valence-electron chi connectivity index (χ0n) is 16.4. The third kappa shape index (κ3) is 8.09. The van der Waals surface area contributed by atoms with Crippen molar-refractivity contribution in [3.8, 4) is 5.75 Å². The van der Waals surface area contributed by atoms with Crippen LogP contribution >= 0.6 is 0 Å². The summed E-state index contributed by atoms with van der Waals surface area (Å²) < 4.78 is 10.6. The number of phenolic OH excluding ortho intramolecular Hbond substituents is 1. The van der Waals surface area contributed by atoms with Gasteiger partial charge in [-0.15, -0.1) is 0 Å². The standard InChI is InChI=1S/C19H30N2O5/c1-18(2,3)11-25-17(24)21-14(16(23)26-19(4,5)6)10-12-7-8-15(22)13(20)9-12/h7-9,14,22H,10-11,20H2,1-6H3,(H,21,24). The quantitative estimate of drug-likeness (QED) is 0.420. The second-order valence-corrected chi connectivity index (χ2v) is 8.46. The number of carbonyl (C=O) groups is 2. The Kier molecular flexibility index (Phi) is 6.89. The minimum atomic E-state index is -0.939. The number of nitrogen functional groups attached to an aromatic ring is 1. The first-order valence-corrected chi connectivity index (χ1v) is 8.50. The predicted molar refractivity (Wildman–Crippen MR) is 99.8 cm³/mol. The fourth-order valence-corrected chi connectivity index (χ4v) is 2.00. The summed E-state index contributed by atoms with van der Waals surface area (Å²) in [5.74, 6) is -0.614. The summed E-state index contributed by atoms with van der Waals surface area (Å²) >= 11 is 0. The first-order valence-electron chi connectivity index (χ1n) is 8.50. The molecule has 26 heavy (non-hydrogen) atoms. The van der Waals surface area contributed by atoms with Crippen molar-refractivity contribution >= 4 is 17.7 Å². The van der Waals surface area contributed by atoms with E-state index in [9.17, 15) is 14.7 Å². The third-order valence-corrected chi connectivity index (χ3v) is 3.15. The molecule has 1 unspecified atom stereocenters. The van der Waals surface area contributed by atoms with Crippen LogP contribution in [0.5, 0.6) is 5.75 Å². The van der Waals surface area contributed by atoms with E-state index in [0.717, 1.165) is 0 Å². The maximum absolute atomic E-state index is 12.5. The van der Waals surface area contributed by atoms with Gasteiger partial charge in [0.25, 0.3) is 0 Å². The summed E-state index contributed by atoms with van der Waals surface area (Å²) in [4.78, 5) is 24.6. The van der Waals surface area contributed by atoms with Gasteiger partial charge in [0.15, 0.2) is 0 Å². The van der Waals surface area contributed by atoms with E-state index < -0.39 is 23.7 Å². The smallest absolute Gasteiger partial charge is 0.407 e. The number of carbonyl (C=O) groups excluding carboxylic acids is 2. The van der Waals surface area contributed by atoms with Crippen LogP contribution in [0.2, 0.25) is 0 Å². The molecule has 0 fully saturated rings. The van der Waals surface area contributed by atoms with Crippen LogP contribution < -0.4 is 11.1 Å². The maximum Gasteiger partial charge on any atom is 0.407 e. The Morgan fingerprint density at radius 3 is 2.31 bits per heavy atom. The van der Waals surface area contributed by atoms with Crippen LogP contribution in [0.15, 0.2) is 18.2 Å². The number of hydrogen-bond acceptors (Lipinski definition) is 6. The van der Waals surface area contributed by atoms with E-state index in [-0.39, 0.29) is 29.9 Å². The molecule has 0 bridgehead atoms. The molecular weight excluding hydrogens is 336 g/mol. The molecule has 0 aliphatic heterocycles. The summed E-state index contributed by atoms with van der Waals surface area (Å²) in [5, 5.41) is 12.1. The van der Waals surface area contributed by atoms with Crippen molar-refractivity contribution in [1.29, 1.82) is 0 Å². The van der Waals surface area contributed by atoms with E-state index in [1.165, 1.54) is 6.07 Å². The molecule has 0 aromatic heterocycles. The molecule has 146 valence electrons. The Hall–Kier alpha value is -2.44. The molecule has 0 aliphatic rings. The lowest BCUT2D eigenvalue weighted by atomic mass is 9.99. The lowest BCUT2D eigenvalue weighted by molar-refractivity contribution is -0.157. The molecule has 1 aromatic carbocycles. The third-order valence-electron chi connectivity index (χ3n) is 3.15. The molecule has 0 radical (unpaired) electrons. The number of hydrogen-bond donors (Lipinski definition) is 3. The van der Waals surface area contributed by atoms with Crippen LogP contribution in [0.3, 0.4) is 0 Å². The highest BCUT2D eigenvalue weighted by molar-refractivity contribution is 5.82. The van der Waals surface area contributed by atoms with Gasteiger partial charge >= 0.3 is 12.1 Å². The van der Waals surface area contributed by atoms with Gasteiger partial charge in [-0.2, -0.15) is 0 Å². The van der Waals surface area contributed by atoms with Crippen LogP contribution in [-0.4, -0.2) is 35.4 Å². The highest BCUT2D eigenvalue weighted by Gasteiger charge is 2.28. The monoisotopic (exact) mass is 366 g/mol. The van der Waals surface area contributed by atoms with Gasteiger partial charge in [0.05, 0.1) is 12.3 Å². The molecule has 0 aliphatic carbocycles. The van der Waals surface area contributed by atoms with Crippen LogP contribution in [0, 0.1) is 5.41 Å². The van der Waals surface area contributed by atoms with E-state index in [1.807, 2.05) is 20.8 Å². The highest BCUT2D eigenvalue weighted by Crippen LogP contribution is 2.22. The lowest BCUT2D eigenvalue weighted by Crippen LogP contribution is -2.46. The minimum absolute atomic E-state index is 0.0416. The van der Waals surface area contributed by atoms with Crippen LogP contribution in [0.4, 0.5) is 10.5 Å². The van der Waals surface area contributed by atoms with Crippen molar-refractivity contribution in [1.82, 2.24) is 5.32 Å². The number of amides is 1. The fourth-order valence-electron chi connectivity index (χ4n) is 2.00. The first-order chi connectivity index (χ1) is 11.8. The minimum Gasteiger partial charge on any atom is -0.506 e. The second kappa shape index (κ2) is 8.29. The molecule has 0 spiro atoms. The largest absolute Gasteiger partial charge is 0.506 e. The molecule has 1 rings (SSSR count). The number of phenols is 1. The number of rotatable bonds is 5. The maximum atomic E-state index is 12.5. The van der Waals surface area contributed by atoms with E-state index in [2.05, 4.69) is 5.32 Å². The number of alkyl carbamates (subject to hydrolysis) is 1. The van der Waals surface area contributed by atoms with Crippen molar-refractivity contribution in [3.63, 3.8) is 0 Å². The number of ether oxygens (including phenoxy) is 2. The van der Waals surface area contributed by atoms with Gasteiger partial charge in [-0.3, -0.25) is 0 Å². The molecule has 0 saturated heterocycles. The number of anilines is 1. The van der Waals surface area contributed by atoms with Crippen molar-refractivity contribution < 1.29 is 24.2 Å². The topological polar surface area (TPSA) is 111 Å². The van der Waals surface area contributed by atoms with E-state index >= 15 is 0 Å². The molecule has 0 heterocycles. The summed E-state index contributed by atoms with van der Waals surface area (Å²) in [7, 11) is 0. The van der Waals surface area contributed by atoms with Crippen LogP contribution in [-0.2, 0) is 20.7 Å². The average molecular weight is 366 g/mol. The van der Waals surface area contributed by atoms with Gasteiger partial charge in [-0.25, -0.2) is 9.59 Å². The average Bonchev–Trinajstić information content (AvgIpc) is 2.46. The summed E-state index contributed by atoms with van der Waals surface area (Å²) in [6.07, 6.45) is -0.535. The van der Waals surface area contributed by atoms with E-state index in [4.69, 9.17) is 15.2 Å². The van der Waals surface area contributed by atoms with Gasteiger partial charge in [0, 0.05) is 6.42 Å². The van der Waals surface area contributed by atoms with Crippen LogP contribution in [0.25, 0.3) is 0 Å². The van der Waals surface area contributed by atoms with E-state index in [0.29, 0.717) is 5.56 Å². The van der Waals surface area contributed by atoms with Gasteiger partial charge in [-0.1, -0.05) is 26.8 Å². The molecule has 1 aromatic rings. The zero-order valence-corrected chi connectivity index (χ0v) is 16.4. The van der Waals surface area contributed by atoms with Crippen molar-refractivity contribution in [2.24, 2.45) is 5.41 Å². The number of nitrogens with two attached hydrogens (primary N) is 1. The lowest BCUT2D eigenvalue weighted by Gasteiger charge is -2.25. The Bertz CT molecular complexity index is 644. The predicted octanol–water partition coefficient (Wildman–Crippen LogP) is 3.00. The van der Waals surface area contributed by atoms with E-state index in [1.54, 1.807) is 32.9 Å². The molecule has 0 saturated carbocycles. The highest BCUT2D eigenvalue weighted by atomic mass is 16.6. The van der Waals surface area contributed by atoms with Gasteiger partial charge < -0.3 is 25.6 Å². The van der Waals surface area contributed by atoms with Gasteiger partial charge in [-0.05, 0) is 43.9 Å². The molecule has 7 nitrogen and oxygen atoms in total. The Morgan fingerprint density at radius 1 is 1.19 bits per heavy atom. The van der Waals surface area contributed by atoms with Gasteiger partial charge in [0.2, 0.25) is 0 Å². The Balaban J connectivity index is 2.89. The summed E-state index contributed by atoms with van der Waals surface area (Å²) in [6.45, 7) is 11.3. The summed E-state index contributed by atoms with van der Waals surface area (Å²) in [5.41, 5.74) is 5.68. The molecular formula is C19H30N2O5. The first kappa shape index (κ1) is 21.6. The Labute approximate surface area is 154 Å². The number of aromatic hydroxyl groups is 1. The van der Waals surface area contributed by atoms with Crippen LogP contribution in [0.1, 0.15) is 47.1 Å². The molecule has 1 amide bonds. The number of nitrogens with one attached hydrogen (secondary N) is 1. The molecule has 7 heteroatoms. The van der Waals surface area contributed by atoms with Gasteiger partial charge in [0.1, 0.15) is 17.4 Å². The van der Waals surface area contributed by atoms with Crippen molar-refractivity contribution in [2.75, 3.05) is 12.3 Å². The zero-order chi connectivity index (χ0) is 20.1. The Morgan fingerprint density at radius 2 is 1.81 bits per heavy atom. The fraction of sp³-hybridized carbons (Fsp3) is 0.579. The number of benzene rings is 1. The summed E-state index contributed by atoms with van der Waals surface area (Å²) in [6, 6.07) is 3.68. The molecule has 1 atom stereocenters.